The summed E-state index contributed by atoms with van der Waals surface area (Å²) >= 11 is 0. The summed E-state index contributed by atoms with van der Waals surface area (Å²) in [5, 5.41) is 5.29. The molecule has 0 saturated heterocycles. The lowest BCUT2D eigenvalue weighted by Crippen LogP contribution is -1.97. The maximum atomic E-state index is 11.9. The standard InChI is InChI=1S/C16H12O7P2/c17-24(18,19)23-25(20,21)22-14-9-7-12-5-4-10-2-1-3-11-6-8-13(14)16(12)15(10)11/h1-9H,(H,20,21)(H2,17,18,19). The molecule has 0 spiro atoms. The van der Waals surface area contributed by atoms with Gasteiger partial charge in [0.25, 0.3) is 0 Å². The van der Waals surface area contributed by atoms with Crippen molar-refractivity contribution >= 4 is 48.0 Å². The Bertz CT molecular complexity index is 1180. The molecule has 0 amide bonds. The Balaban J connectivity index is 1.94. The molecule has 9 heteroatoms. The molecule has 0 radical (unpaired) electrons. The molecule has 0 aliphatic carbocycles. The van der Waals surface area contributed by atoms with Crippen molar-refractivity contribution < 1.29 is 32.6 Å². The van der Waals surface area contributed by atoms with E-state index in [4.69, 9.17) is 14.3 Å². The van der Waals surface area contributed by atoms with Crippen molar-refractivity contribution in [2.45, 2.75) is 0 Å². The van der Waals surface area contributed by atoms with Crippen molar-refractivity contribution in [3.8, 4) is 5.75 Å². The van der Waals surface area contributed by atoms with Crippen LogP contribution in [-0.2, 0) is 13.4 Å². The molecule has 128 valence electrons. The van der Waals surface area contributed by atoms with E-state index in [1.165, 1.54) is 6.07 Å². The molecule has 0 fully saturated rings. The van der Waals surface area contributed by atoms with Gasteiger partial charge in [0.1, 0.15) is 5.75 Å². The van der Waals surface area contributed by atoms with Crippen molar-refractivity contribution in [2.24, 2.45) is 0 Å². The van der Waals surface area contributed by atoms with Crippen LogP contribution < -0.4 is 4.52 Å². The fraction of sp³-hybridized carbons (Fsp3) is 0. The molecular weight excluding hydrogens is 366 g/mol. The zero-order chi connectivity index (χ0) is 17.8. The Kier molecular flexibility index (Phi) is 3.63. The van der Waals surface area contributed by atoms with Crippen molar-refractivity contribution in [1.82, 2.24) is 0 Å². The molecule has 0 heterocycles. The van der Waals surface area contributed by atoms with E-state index in [9.17, 15) is 14.0 Å². The van der Waals surface area contributed by atoms with E-state index in [0.29, 0.717) is 5.39 Å². The Hall–Kier alpha value is -1.98. The quantitative estimate of drug-likeness (QED) is 0.361. The Labute approximate surface area is 141 Å². The molecule has 1 unspecified atom stereocenters. The first kappa shape index (κ1) is 16.5. The molecule has 4 aromatic carbocycles. The number of phosphoric acid groups is 2. The third-order valence-corrected chi connectivity index (χ3v) is 6.02. The second-order valence-electron chi connectivity index (χ2n) is 5.55. The number of rotatable bonds is 4. The van der Waals surface area contributed by atoms with Crippen LogP contribution >= 0.6 is 15.6 Å². The van der Waals surface area contributed by atoms with Gasteiger partial charge in [-0.3, -0.25) is 4.89 Å². The summed E-state index contributed by atoms with van der Waals surface area (Å²) in [7, 11) is -10.2. The van der Waals surface area contributed by atoms with Gasteiger partial charge in [-0.25, -0.2) is 9.13 Å². The molecule has 0 saturated carbocycles. The van der Waals surface area contributed by atoms with Crippen LogP contribution in [0, 0.1) is 0 Å². The fourth-order valence-corrected chi connectivity index (χ4v) is 4.68. The summed E-state index contributed by atoms with van der Waals surface area (Å²) in [5.41, 5.74) is 0. The first-order chi connectivity index (χ1) is 11.7. The molecular formula is C16H12O7P2. The largest absolute Gasteiger partial charge is 0.536 e. The first-order valence-corrected chi connectivity index (χ1v) is 10.2. The van der Waals surface area contributed by atoms with Gasteiger partial charge in [-0.1, -0.05) is 42.5 Å². The molecule has 25 heavy (non-hydrogen) atoms. The van der Waals surface area contributed by atoms with Crippen LogP contribution in [0.2, 0.25) is 0 Å². The van der Waals surface area contributed by atoms with Crippen molar-refractivity contribution in [1.29, 1.82) is 0 Å². The van der Waals surface area contributed by atoms with E-state index in [2.05, 4.69) is 4.31 Å². The second-order valence-corrected chi connectivity index (χ2v) is 8.31. The highest BCUT2D eigenvalue weighted by Gasteiger charge is 2.34. The molecule has 0 aliphatic rings. The van der Waals surface area contributed by atoms with Gasteiger partial charge in [-0.05, 0) is 33.7 Å². The van der Waals surface area contributed by atoms with Crippen LogP contribution in [0.25, 0.3) is 32.3 Å². The molecule has 7 nitrogen and oxygen atoms in total. The van der Waals surface area contributed by atoms with Gasteiger partial charge < -0.3 is 14.3 Å². The smallest absolute Gasteiger partial charge is 0.403 e. The average molecular weight is 378 g/mol. The minimum atomic E-state index is -5.18. The highest BCUT2D eigenvalue weighted by atomic mass is 31.3. The normalized spacial score (nSPS) is 15.0. The number of hydrogen-bond donors (Lipinski definition) is 3. The number of benzene rings is 4. The Morgan fingerprint density at radius 1 is 0.720 bits per heavy atom. The second kappa shape index (κ2) is 5.51. The first-order valence-electron chi connectivity index (χ1n) is 7.19. The van der Waals surface area contributed by atoms with Crippen molar-refractivity contribution in [3.63, 3.8) is 0 Å². The molecule has 1 atom stereocenters. The Morgan fingerprint density at radius 3 is 1.92 bits per heavy atom. The van der Waals surface area contributed by atoms with Crippen LogP contribution in [0.4, 0.5) is 0 Å². The molecule has 3 N–H and O–H groups in total. The lowest BCUT2D eigenvalue weighted by molar-refractivity contribution is 0.230. The molecule has 0 aromatic heterocycles. The number of hydrogen-bond acceptors (Lipinski definition) is 4. The van der Waals surface area contributed by atoms with E-state index in [-0.39, 0.29) is 5.75 Å². The van der Waals surface area contributed by atoms with Gasteiger partial charge in [0.05, 0.1) is 0 Å². The van der Waals surface area contributed by atoms with Crippen LogP contribution in [0.1, 0.15) is 0 Å². The highest BCUT2D eigenvalue weighted by Crippen LogP contribution is 2.58. The van der Waals surface area contributed by atoms with Gasteiger partial charge in [-0.15, -0.1) is 0 Å². The van der Waals surface area contributed by atoms with E-state index < -0.39 is 15.6 Å². The molecule has 0 bridgehead atoms. The third-order valence-electron chi connectivity index (χ3n) is 3.91. The highest BCUT2D eigenvalue weighted by molar-refractivity contribution is 7.60. The third kappa shape index (κ3) is 3.02. The molecule has 0 aliphatic heterocycles. The van der Waals surface area contributed by atoms with Crippen LogP contribution in [-0.4, -0.2) is 14.7 Å². The fourth-order valence-electron chi connectivity index (χ4n) is 3.06. The molecule has 4 rings (SSSR count). The lowest BCUT2D eigenvalue weighted by Gasteiger charge is -2.17. The van der Waals surface area contributed by atoms with Crippen LogP contribution in [0.15, 0.2) is 54.6 Å². The minimum absolute atomic E-state index is 0.00466. The minimum Gasteiger partial charge on any atom is -0.403 e. The SMILES string of the molecule is O=P(O)(O)OP(=O)(O)Oc1ccc2ccc3cccc4ccc1c2c34. The van der Waals surface area contributed by atoms with E-state index in [1.54, 1.807) is 12.1 Å². The number of phosphoric ester groups is 1. The topological polar surface area (TPSA) is 113 Å². The summed E-state index contributed by atoms with van der Waals surface area (Å²) in [6.45, 7) is 0. The van der Waals surface area contributed by atoms with Gasteiger partial charge in [0.15, 0.2) is 0 Å². The summed E-state index contributed by atoms with van der Waals surface area (Å²) < 4.78 is 31.5. The predicted molar refractivity (Wildman–Crippen MR) is 93.7 cm³/mol. The van der Waals surface area contributed by atoms with Crippen LogP contribution in [0.5, 0.6) is 5.75 Å². The molecule has 4 aromatic rings. The van der Waals surface area contributed by atoms with E-state index in [1.807, 2.05) is 36.4 Å². The maximum Gasteiger partial charge on any atom is 0.536 e. The lowest BCUT2D eigenvalue weighted by atomic mass is 9.94. The van der Waals surface area contributed by atoms with Gasteiger partial charge in [0, 0.05) is 10.8 Å². The van der Waals surface area contributed by atoms with E-state index >= 15 is 0 Å². The zero-order valence-electron chi connectivity index (χ0n) is 12.6. The summed E-state index contributed by atoms with van der Waals surface area (Å²) in [4.78, 5) is 27.1. The van der Waals surface area contributed by atoms with Gasteiger partial charge in [-0.2, -0.15) is 4.31 Å². The predicted octanol–water partition coefficient (Wildman–Crippen LogP) is 4.17. The van der Waals surface area contributed by atoms with Crippen molar-refractivity contribution in [2.75, 3.05) is 0 Å². The van der Waals surface area contributed by atoms with E-state index in [0.717, 1.165) is 26.9 Å². The van der Waals surface area contributed by atoms with Crippen LogP contribution in [0.3, 0.4) is 0 Å². The van der Waals surface area contributed by atoms with Gasteiger partial charge >= 0.3 is 15.6 Å². The van der Waals surface area contributed by atoms with Gasteiger partial charge in [0.2, 0.25) is 0 Å². The summed E-state index contributed by atoms with van der Waals surface area (Å²) in [5.74, 6) is 0.00466. The summed E-state index contributed by atoms with van der Waals surface area (Å²) in [6.07, 6.45) is 0. The zero-order valence-corrected chi connectivity index (χ0v) is 14.4. The summed E-state index contributed by atoms with van der Waals surface area (Å²) in [6, 6.07) is 16.5. The van der Waals surface area contributed by atoms with Crippen molar-refractivity contribution in [3.05, 3.63) is 54.6 Å². The maximum absolute atomic E-state index is 11.9. The Morgan fingerprint density at radius 2 is 1.28 bits per heavy atom. The monoisotopic (exact) mass is 378 g/mol. The average Bonchev–Trinajstić information content (AvgIpc) is 2.51.